The van der Waals surface area contributed by atoms with Gasteiger partial charge in [0, 0.05) is 14.8 Å². The molecule has 6 heteroatoms. The molecule has 1 N–H and O–H groups in total. The van der Waals surface area contributed by atoms with Gasteiger partial charge in [-0.1, -0.05) is 71.4 Å². The highest BCUT2D eigenvalue weighted by molar-refractivity contribution is 7.99. The Hall–Kier alpha value is -3.02. The van der Waals surface area contributed by atoms with E-state index in [4.69, 9.17) is 11.6 Å². The van der Waals surface area contributed by atoms with Crippen LogP contribution in [0.1, 0.15) is 16.7 Å². The van der Waals surface area contributed by atoms with Gasteiger partial charge in [-0.05, 0) is 54.5 Å². The van der Waals surface area contributed by atoms with Crippen molar-refractivity contribution in [2.24, 2.45) is 0 Å². The maximum atomic E-state index is 12.9. The molecule has 3 aromatic carbocycles. The minimum atomic E-state index is -0.408. The van der Waals surface area contributed by atoms with Gasteiger partial charge in [-0.3, -0.25) is 9.69 Å². The van der Waals surface area contributed by atoms with Gasteiger partial charge in [0.1, 0.15) is 5.70 Å². The first-order valence-electron chi connectivity index (χ1n) is 9.42. The topological polar surface area (TPSA) is 49.4 Å². The van der Waals surface area contributed by atoms with Gasteiger partial charge in [0.15, 0.2) is 0 Å². The van der Waals surface area contributed by atoms with E-state index in [-0.39, 0.29) is 18.1 Å². The molecule has 0 aliphatic carbocycles. The van der Waals surface area contributed by atoms with Crippen LogP contribution in [0.25, 0.3) is 6.08 Å². The minimum Gasteiger partial charge on any atom is -0.303 e. The van der Waals surface area contributed by atoms with Gasteiger partial charge in [-0.2, -0.15) is 0 Å². The fourth-order valence-electron chi connectivity index (χ4n) is 3.07. The van der Waals surface area contributed by atoms with Gasteiger partial charge in [-0.15, -0.1) is 0 Å². The molecule has 30 heavy (non-hydrogen) atoms. The lowest BCUT2D eigenvalue weighted by atomic mass is 10.1. The zero-order valence-corrected chi connectivity index (χ0v) is 17.8. The average Bonchev–Trinajstić information content (AvgIpc) is 3.00. The summed E-state index contributed by atoms with van der Waals surface area (Å²) in [7, 11) is 0. The smallest absolute Gasteiger partial charge is 0.303 e. The van der Waals surface area contributed by atoms with Gasteiger partial charge in [-0.25, -0.2) is 4.79 Å². The van der Waals surface area contributed by atoms with Crippen molar-refractivity contribution in [3.05, 3.63) is 100 Å². The Bertz CT molecular complexity index is 1120. The number of benzene rings is 3. The molecular formula is C24H19ClN2O2S. The van der Waals surface area contributed by atoms with Crippen LogP contribution in [0.3, 0.4) is 0 Å². The van der Waals surface area contributed by atoms with Crippen molar-refractivity contribution in [3.8, 4) is 0 Å². The number of nitrogens with zero attached hydrogens (tertiary/aromatic N) is 1. The molecule has 150 valence electrons. The third-order valence-corrected chi connectivity index (χ3v) is 6.04. The molecule has 1 aliphatic heterocycles. The molecule has 0 bridgehead atoms. The number of carbonyl (C=O) groups excluding carboxylic acids is 2. The van der Waals surface area contributed by atoms with Crippen molar-refractivity contribution in [2.45, 2.75) is 23.3 Å². The molecule has 1 heterocycles. The van der Waals surface area contributed by atoms with Crippen molar-refractivity contribution in [2.75, 3.05) is 0 Å². The highest BCUT2D eigenvalue weighted by Gasteiger charge is 2.33. The van der Waals surface area contributed by atoms with Crippen LogP contribution in [0.15, 0.2) is 88.3 Å². The zero-order chi connectivity index (χ0) is 21.1. The molecule has 4 nitrogen and oxygen atoms in total. The van der Waals surface area contributed by atoms with Crippen molar-refractivity contribution in [1.82, 2.24) is 10.2 Å². The molecule has 3 amide bonds. The van der Waals surface area contributed by atoms with Crippen molar-refractivity contribution >= 4 is 41.4 Å². The van der Waals surface area contributed by atoms with Crippen molar-refractivity contribution in [1.29, 1.82) is 0 Å². The number of rotatable bonds is 5. The molecule has 0 atom stereocenters. The van der Waals surface area contributed by atoms with E-state index in [2.05, 4.69) is 5.32 Å². The number of hydrogen-bond acceptors (Lipinski definition) is 3. The number of imide groups is 1. The Morgan fingerprint density at radius 1 is 0.967 bits per heavy atom. The van der Waals surface area contributed by atoms with Crippen molar-refractivity contribution < 1.29 is 9.59 Å². The number of carbonyl (C=O) groups is 2. The quantitative estimate of drug-likeness (QED) is 0.402. The lowest BCUT2D eigenvalue weighted by Crippen LogP contribution is -2.30. The summed E-state index contributed by atoms with van der Waals surface area (Å²) in [5.41, 5.74) is 3.17. The van der Waals surface area contributed by atoms with Gasteiger partial charge < -0.3 is 5.32 Å². The number of hydrogen-bond donors (Lipinski definition) is 1. The summed E-state index contributed by atoms with van der Waals surface area (Å²) in [6, 6.07) is 22.7. The van der Waals surface area contributed by atoms with E-state index in [0.717, 1.165) is 26.5 Å². The van der Waals surface area contributed by atoms with Crippen LogP contribution >= 0.6 is 23.4 Å². The third-order valence-electron chi connectivity index (χ3n) is 4.68. The van der Waals surface area contributed by atoms with E-state index >= 15 is 0 Å². The second-order valence-corrected chi connectivity index (χ2v) is 8.51. The number of nitrogens with one attached hydrogen (secondary N) is 1. The van der Waals surface area contributed by atoms with E-state index < -0.39 is 6.03 Å². The lowest BCUT2D eigenvalue weighted by Gasteiger charge is -2.12. The van der Waals surface area contributed by atoms with Crippen LogP contribution in [0.5, 0.6) is 0 Å². The van der Waals surface area contributed by atoms with Crippen molar-refractivity contribution in [3.63, 3.8) is 0 Å². The van der Waals surface area contributed by atoms with Crippen LogP contribution in [0.2, 0.25) is 5.02 Å². The van der Waals surface area contributed by atoms with Gasteiger partial charge >= 0.3 is 6.03 Å². The number of halogens is 1. The molecule has 1 aliphatic rings. The monoisotopic (exact) mass is 434 g/mol. The van der Waals surface area contributed by atoms with Crippen LogP contribution in [0, 0.1) is 6.92 Å². The Morgan fingerprint density at radius 3 is 2.40 bits per heavy atom. The zero-order valence-electron chi connectivity index (χ0n) is 16.3. The van der Waals surface area contributed by atoms with E-state index in [9.17, 15) is 9.59 Å². The summed E-state index contributed by atoms with van der Waals surface area (Å²) in [5, 5.41) is 3.39. The fourth-order valence-corrected chi connectivity index (χ4v) is 4.11. The first-order chi connectivity index (χ1) is 14.5. The van der Waals surface area contributed by atoms with E-state index in [1.54, 1.807) is 17.8 Å². The predicted octanol–water partition coefficient (Wildman–Crippen LogP) is 5.89. The highest BCUT2D eigenvalue weighted by atomic mass is 35.5. The summed E-state index contributed by atoms with van der Waals surface area (Å²) >= 11 is 7.54. The van der Waals surface area contributed by atoms with Crippen LogP contribution in [0.4, 0.5) is 4.79 Å². The van der Waals surface area contributed by atoms with Gasteiger partial charge in [0.2, 0.25) is 0 Å². The molecule has 3 aromatic rings. The normalized spacial score (nSPS) is 15.0. The largest absolute Gasteiger partial charge is 0.329 e. The molecule has 0 radical (unpaired) electrons. The first kappa shape index (κ1) is 20.3. The average molecular weight is 435 g/mol. The van der Waals surface area contributed by atoms with E-state index in [1.807, 2.05) is 79.7 Å². The number of urea groups is 1. The number of aryl methyl sites for hydroxylation is 1. The summed E-state index contributed by atoms with van der Waals surface area (Å²) in [6.07, 6.45) is 1.73. The molecule has 1 saturated heterocycles. The Balaban J connectivity index is 1.56. The Kier molecular flexibility index (Phi) is 5.93. The first-order valence-corrected chi connectivity index (χ1v) is 10.6. The lowest BCUT2D eigenvalue weighted by molar-refractivity contribution is -0.123. The SMILES string of the molecule is Cc1ccc(CN2C(=O)N/C(=C\c3ccccc3Sc3ccc(Cl)cc3)C2=O)cc1. The molecule has 0 saturated carbocycles. The molecule has 0 unspecified atom stereocenters. The number of amides is 3. The summed E-state index contributed by atoms with van der Waals surface area (Å²) in [4.78, 5) is 28.5. The van der Waals surface area contributed by atoms with Crippen LogP contribution in [-0.4, -0.2) is 16.8 Å². The maximum Gasteiger partial charge on any atom is 0.329 e. The second-order valence-electron chi connectivity index (χ2n) is 6.96. The highest BCUT2D eigenvalue weighted by Crippen LogP contribution is 2.32. The Labute approximate surface area is 184 Å². The van der Waals surface area contributed by atoms with Crippen LogP contribution < -0.4 is 5.32 Å². The van der Waals surface area contributed by atoms with Crippen LogP contribution in [-0.2, 0) is 11.3 Å². The molecular weight excluding hydrogens is 416 g/mol. The minimum absolute atomic E-state index is 0.240. The molecule has 1 fully saturated rings. The predicted molar refractivity (Wildman–Crippen MR) is 120 cm³/mol. The standard InChI is InChI=1S/C24H19ClN2O2S/c1-16-6-8-17(9-7-16)15-27-23(28)21(26-24(27)29)14-18-4-2-3-5-22(18)30-20-12-10-19(25)11-13-20/h2-14H,15H2,1H3,(H,26,29)/b21-14-. The van der Waals surface area contributed by atoms with Gasteiger partial charge in [0.05, 0.1) is 6.54 Å². The summed E-state index contributed by atoms with van der Waals surface area (Å²) < 4.78 is 0. The van der Waals surface area contributed by atoms with E-state index in [1.165, 1.54) is 4.90 Å². The Morgan fingerprint density at radius 2 is 1.67 bits per heavy atom. The summed E-state index contributed by atoms with van der Waals surface area (Å²) in [5.74, 6) is -0.327. The third kappa shape index (κ3) is 4.58. The molecule has 0 spiro atoms. The fraction of sp³-hybridized carbons (Fsp3) is 0.0833. The van der Waals surface area contributed by atoms with Gasteiger partial charge in [0.25, 0.3) is 5.91 Å². The summed E-state index contributed by atoms with van der Waals surface area (Å²) in [6.45, 7) is 2.24. The second kappa shape index (κ2) is 8.78. The molecule has 4 rings (SSSR count). The molecule has 0 aromatic heterocycles. The maximum absolute atomic E-state index is 12.9. The van der Waals surface area contributed by atoms with E-state index in [0.29, 0.717) is 5.02 Å².